The maximum Gasteiger partial charge on any atom is 0.350 e. The quantitative estimate of drug-likeness (QED) is 0.0155. The van der Waals surface area contributed by atoms with Crippen molar-refractivity contribution in [3.63, 3.8) is 0 Å². The average molecular weight is 664 g/mol. The summed E-state index contributed by atoms with van der Waals surface area (Å²) in [5.74, 6) is -0.718. The van der Waals surface area contributed by atoms with Gasteiger partial charge in [0.25, 0.3) is 5.60 Å². The molecule has 266 valence electrons. The van der Waals surface area contributed by atoms with Crippen LogP contribution in [-0.4, -0.2) is 93.9 Å². The van der Waals surface area contributed by atoms with Crippen LogP contribution in [0.25, 0.3) is 0 Å². The fourth-order valence-electron chi connectivity index (χ4n) is 8.29. The Balaban J connectivity index is 1.53. The molecule has 11 N–H and O–H groups in total. The number of guanidine groups is 1. The van der Waals surface area contributed by atoms with E-state index in [-0.39, 0.29) is 42.5 Å². The number of quaternary nitrogens is 3. The smallest absolute Gasteiger partial charge is 0.350 e. The normalized spacial score (nSPS) is 32.3. The van der Waals surface area contributed by atoms with Crippen molar-refractivity contribution in [3.05, 3.63) is 11.6 Å². The number of rotatable bonds is 18. The van der Waals surface area contributed by atoms with Crippen LogP contribution in [0.1, 0.15) is 91.4 Å². The van der Waals surface area contributed by atoms with Crippen LogP contribution >= 0.6 is 0 Å². The van der Waals surface area contributed by atoms with Crippen molar-refractivity contribution in [1.29, 1.82) is 0 Å². The maximum atomic E-state index is 14.2. The Morgan fingerprint density at radius 3 is 2.64 bits per heavy atom. The number of ether oxygens (including phenoxy) is 2. The van der Waals surface area contributed by atoms with Gasteiger partial charge in [0.15, 0.2) is 17.2 Å². The van der Waals surface area contributed by atoms with Crippen LogP contribution in [0.5, 0.6) is 0 Å². The molecule has 0 aromatic heterocycles. The molecule has 0 bridgehead atoms. The average Bonchev–Trinajstić information content (AvgIpc) is 3.80. The number of piperidine rings is 1. The van der Waals surface area contributed by atoms with Crippen LogP contribution in [0.2, 0.25) is 0 Å². The van der Waals surface area contributed by atoms with E-state index >= 15 is 0 Å². The summed E-state index contributed by atoms with van der Waals surface area (Å²) in [7, 11) is 3.86. The van der Waals surface area contributed by atoms with Crippen LogP contribution in [0, 0.1) is 23.7 Å². The minimum Gasteiger partial charge on any atom is -0.463 e. The molecular weight excluding hydrogens is 598 g/mol. The Kier molecular flexibility index (Phi) is 13.8. The van der Waals surface area contributed by atoms with E-state index in [4.69, 9.17) is 15.2 Å². The van der Waals surface area contributed by atoms with Crippen molar-refractivity contribution < 1.29 is 44.8 Å². The van der Waals surface area contributed by atoms with Crippen LogP contribution in [0.3, 0.4) is 0 Å². The molecule has 2 heterocycles. The van der Waals surface area contributed by atoms with Crippen molar-refractivity contribution in [1.82, 2.24) is 10.6 Å². The maximum absolute atomic E-state index is 14.2. The number of esters is 1. The number of hydrogen-bond acceptors (Lipinski definition) is 6. The largest absolute Gasteiger partial charge is 0.463 e. The lowest BCUT2D eigenvalue weighted by atomic mass is 9.61. The lowest BCUT2D eigenvalue weighted by Gasteiger charge is -2.36. The molecule has 4 fully saturated rings. The molecule has 12 nitrogen and oxygen atoms in total. The minimum absolute atomic E-state index is 0.0843. The number of nitrogens with one attached hydrogen (secondary N) is 3. The molecule has 0 spiro atoms. The Bertz CT molecular complexity index is 1140. The molecule has 0 amide bonds. The zero-order valence-electron chi connectivity index (χ0n) is 29.7. The van der Waals surface area contributed by atoms with Gasteiger partial charge in [-0.15, -0.1) is 0 Å². The van der Waals surface area contributed by atoms with Gasteiger partial charge in [-0.1, -0.05) is 44.3 Å². The molecular formula is C35H65N7O5+4. The number of nitrogens with two attached hydrogens (primary N) is 4. The number of Topliss-reactive ketones (excluding diaryl/α,β-unsaturated/α-hetero) is 2. The zero-order chi connectivity index (χ0) is 34.0. The zero-order valence-corrected chi connectivity index (χ0v) is 29.7. The minimum atomic E-state index is -1.82. The highest BCUT2D eigenvalue weighted by Crippen LogP contribution is 2.61. The summed E-state index contributed by atoms with van der Waals surface area (Å²) in [6.07, 6.45) is 11.5. The highest BCUT2D eigenvalue weighted by atomic mass is 16.7. The summed E-state index contributed by atoms with van der Waals surface area (Å²) in [4.78, 5) is 45.3. The summed E-state index contributed by atoms with van der Waals surface area (Å²) in [6, 6.07) is 0.0843. The van der Waals surface area contributed by atoms with E-state index in [2.05, 4.69) is 59.4 Å². The van der Waals surface area contributed by atoms with Gasteiger partial charge in [-0.3, -0.25) is 25.6 Å². The first kappa shape index (κ1) is 37.4. The van der Waals surface area contributed by atoms with Gasteiger partial charge in [0.2, 0.25) is 0 Å². The van der Waals surface area contributed by atoms with Gasteiger partial charge >= 0.3 is 11.9 Å². The molecule has 2 aliphatic heterocycles. The van der Waals surface area contributed by atoms with E-state index in [1.807, 2.05) is 6.08 Å². The third-order valence-corrected chi connectivity index (χ3v) is 11.1. The first-order valence-corrected chi connectivity index (χ1v) is 18.5. The number of ketones is 2. The second kappa shape index (κ2) is 17.3. The van der Waals surface area contributed by atoms with Gasteiger partial charge in [0.05, 0.1) is 46.4 Å². The molecule has 0 aromatic rings. The molecule has 8 atom stereocenters. The summed E-state index contributed by atoms with van der Waals surface area (Å²) in [5.41, 5.74) is 4.01. The van der Waals surface area contributed by atoms with Gasteiger partial charge in [0.1, 0.15) is 12.8 Å². The predicted molar refractivity (Wildman–Crippen MR) is 178 cm³/mol. The number of hydrogen-bond donors (Lipinski definition) is 7. The Hall–Kier alpha value is -2.38. The van der Waals surface area contributed by atoms with Crippen molar-refractivity contribution in [2.75, 3.05) is 47.0 Å². The van der Waals surface area contributed by atoms with Crippen LogP contribution in [0.4, 0.5) is 0 Å². The molecule has 0 radical (unpaired) electrons. The van der Waals surface area contributed by atoms with Gasteiger partial charge in [0, 0.05) is 49.4 Å². The second-order valence-corrected chi connectivity index (χ2v) is 14.5. The monoisotopic (exact) mass is 664 g/mol. The Labute approximate surface area is 281 Å². The van der Waals surface area contributed by atoms with Gasteiger partial charge in [-0.05, 0) is 33.1 Å². The molecule has 4 unspecified atom stereocenters. The lowest BCUT2D eigenvalue weighted by molar-refractivity contribution is -0.717. The number of epoxide rings is 1. The van der Waals surface area contributed by atoms with Crippen molar-refractivity contribution in [3.8, 4) is 0 Å². The summed E-state index contributed by atoms with van der Waals surface area (Å²) in [6.45, 7) is 10.3. The molecule has 4 rings (SSSR count). The van der Waals surface area contributed by atoms with Crippen molar-refractivity contribution >= 4 is 23.5 Å². The van der Waals surface area contributed by atoms with E-state index in [1.54, 1.807) is 7.05 Å². The molecule has 47 heavy (non-hydrogen) atoms. The van der Waals surface area contributed by atoms with Crippen LogP contribution in [0.15, 0.2) is 11.6 Å². The highest BCUT2D eigenvalue weighted by Gasteiger charge is 2.86. The lowest BCUT2D eigenvalue weighted by Crippen LogP contribution is -2.98. The molecule has 12 heteroatoms. The van der Waals surface area contributed by atoms with Gasteiger partial charge in [-0.2, -0.15) is 0 Å². The van der Waals surface area contributed by atoms with Gasteiger partial charge in [-0.25, -0.2) is 10.1 Å². The topological polar surface area (TPSA) is 187 Å². The fourth-order valence-corrected chi connectivity index (χ4v) is 8.29. The van der Waals surface area contributed by atoms with Gasteiger partial charge < -0.3 is 25.4 Å². The van der Waals surface area contributed by atoms with Crippen LogP contribution in [-0.2, 0) is 23.9 Å². The standard InChI is InChI=1S/C35H61N7O5/c1-6-8-11-24(20-39-7-2)21-46-32(45)35-31(44)27-13-10-9-12-26(27)30(43)34(35,47-35)16-14-23(3)18-28(42-33(36)38-5)25-15-17-40-29(19-25)41-22-37-4/h14,24-29,37,39-41H,6-13,15-22H2,1-5H3,(H3,36,38,42)/p+4/t24-,25?,26?,27?,28-,29?,34+,35+/m1/s1. The van der Waals surface area contributed by atoms with E-state index < -0.39 is 23.1 Å². The third-order valence-electron chi connectivity index (χ3n) is 11.1. The predicted octanol–water partition coefficient (Wildman–Crippen LogP) is -2.87. The van der Waals surface area contributed by atoms with E-state index in [9.17, 15) is 14.4 Å². The van der Waals surface area contributed by atoms with Crippen molar-refractivity contribution in [2.24, 2.45) is 29.4 Å². The second-order valence-electron chi connectivity index (χ2n) is 14.5. The van der Waals surface area contributed by atoms with E-state index in [0.29, 0.717) is 37.3 Å². The fraction of sp³-hybridized carbons (Fsp3) is 0.829. The number of carbonyl (C=O) groups excluding carboxylic acids is 3. The Morgan fingerprint density at radius 1 is 1.21 bits per heavy atom. The first-order valence-electron chi connectivity index (χ1n) is 18.5. The third kappa shape index (κ3) is 8.44. The van der Waals surface area contributed by atoms with E-state index in [1.165, 1.54) is 0 Å². The Morgan fingerprint density at radius 2 is 1.96 bits per heavy atom. The molecule has 2 aliphatic carbocycles. The summed E-state index contributed by atoms with van der Waals surface area (Å²) >= 11 is 0. The number of unbranched alkanes of at least 4 members (excludes halogenated alkanes) is 1. The summed E-state index contributed by atoms with van der Waals surface area (Å²) < 4.78 is 12.2. The molecule has 0 aromatic carbocycles. The van der Waals surface area contributed by atoms with Crippen molar-refractivity contribution in [2.45, 2.75) is 115 Å². The number of carbonyl (C=O) groups is 3. The molecule has 2 saturated heterocycles. The molecule has 4 aliphatic rings. The van der Waals surface area contributed by atoms with Crippen LogP contribution < -0.4 is 37.3 Å². The first-order chi connectivity index (χ1) is 22.7. The summed E-state index contributed by atoms with van der Waals surface area (Å²) in [5, 5.41) is 13.8. The highest BCUT2D eigenvalue weighted by molar-refractivity contribution is 6.23. The van der Waals surface area contributed by atoms with E-state index in [0.717, 1.165) is 76.8 Å². The molecule has 2 saturated carbocycles. The SMILES string of the molecule is CCCC[C@H](C[NH2+]CC)COC(=O)[C@]12O[C@@]1(CC=C(C)C[C@@H](NC(N)=[NH+]C)C1CC[NH2+]C(NC[NH2+]C)C1)C(=O)C1CCCCC1C2=O. The number of fused-ring (bicyclic) bond motifs is 2.